The van der Waals surface area contributed by atoms with Crippen LogP contribution in [0.25, 0.3) is 0 Å². The second-order valence-corrected chi connectivity index (χ2v) is 3.36. The van der Waals surface area contributed by atoms with E-state index in [0.29, 0.717) is 24.1 Å². The molecule has 0 bridgehead atoms. The SMILES string of the molecule is N#CC1=C(NC(=O)CCC(=O)O)CCC1. The fourth-order valence-electron chi connectivity index (χ4n) is 1.46. The van der Waals surface area contributed by atoms with Crippen LogP contribution in [0.2, 0.25) is 0 Å². The van der Waals surface area contributed by atoms with Crippen LogP contribution in [0.4, 0.5) is 0 Å². The van der Waals surface area contributed by atoms with Gasteiger partial charge in [0.25, 0.3) is 0 Å². The number of nitrogens with one attached hydrogen (secondary N) is 1. The number of carboxylic acid groups (broad SMARTS) is 1. The number of carbonyl (C=O) groups is 2. The van der Waals surface area contributed by atoms with Gasteiger partial charge < -0.3 is 10.4 Å². The van der Waals surface area contributed by atoms with Crippen molar-refractivity contribution < 1.29 is 14.7 Å². The van der Waals surface area contributed by atoms with E-state index in [-0.39, 0.29) is 18.7 Å². The molecule has 0 aromatic carbocycles. The van der Waals surface area contributed by atoms with Crippen LogP contribution in [0.1, 0.15) is 32.1 Å². The summed E-state index contributed by atoms with van der Waals surface area (Å²) in [6.07, 6.45) is 2.04. The Morgan fingerprint density at radius 2 is 2.13 bits per heavy atom. The molecule has 1 rings (SSSR count). The maximum Gasteiger partial charge on any atom is 0.303 e. The zero-order valence-corrected chi connectivity index (χ0v) is 8.25. The Labute approximate surface area is 87.4 Å². The molecular formula is C10H12N2O3. The van der Waals surface area contributed by atoms with Crippen molar-refractivity contribution in [2.24, 2.45) is 0 Å². The van der Waals surface area contributed by atoms with E-state index >= 15 is 0 Å². The molecule has 0 unspecified atom stereocenters. The van der Waals surface area contributed by atoms with Crippen molar-refractivity contribution in [3.05, 3.63) is 11.3 Å². The van der Waals surface area contributed by atoms with E-state index in [1.807, 2.05) is 6.07 Å². The summed E-state index contributed by atoms with van der Waals surface area (Å²) in [6, 6.07) is 2.03. The van der Waals surface area contributed by atoms with Gasteiger partial charge in [0.05, 0.1) is 12.5 Å². The molecule has 5 nitrogen and oxygen atoms in total. The zero-order chi connectivity index (χ0) is 11.3. The zero-order valence-electron chi connectivity index (χ0n) is 8.25. The number of nitriles is 1. The lowest BCUT2D eigenvalue weighted by Gasteiger charge is -2.04. The van der Waals surface area contributed by atoms with Crippen LogP contribution in [0.15, 0.2) is 11.3 Å². The minimum Gasteiger partial charge on any atom is -0.481 e. The third-order valence-electron chi connectivity index (χ3n) is 2.21. The van der Waals surface area contributed by atoms with Crippen LogP contribution in [-0.4, -0.2) is 17.0 Å². The van der Waals surface area contributed by atoms with E-state index < -0.39 is 5.97 Å². The molecule has 0 saturated carbocycles. The van der Waals surface area contributed by atoms with Gasteiger partial charge in [0, 0.05) is 17.7 Å². The minimum atomic E-state index is -0.994. The molecule has 15 heavy (non-hydrogen) atoms. The third kappa shape index (κ3) is 3.43. The summed E-state index contributed by atoms with van der Waals surface area (Å²) >= 11 is 0. The molecule has 0 heterocycles. The summed E-state index contributed by atoms with van der Waals surface area (Å²) in [7, 11) is 0. The summed E-state index contributed by atoms with van der Waals surface area (Å²) in [5.74, 6) is -1.33. The van der Waals surface area contributed by atoms with Gasteiger partial charge in [-0.15, -0.1) is 0 Å². The number of carboxylic acids is 1. The highest BCUT2D eigenvalue weighted by Gasteiger charge is 2.16. The van der Waals surface area contributed by atoms with Gasteiger partial charge in [-0.1, -0.05) is 0 Å². The number of hydrogen-bond acceptors (Lipinski definition) is 3. The van der Waals surface area contributed by atoms with Crippen molar-refractivity contribution >= 4 is 11.9 Å². The molecule has 0 fully saturated rings. The highest BCUT2D eigenvalue weighted by molar-refractivity contribution is 5.82. The molecule has 0 aromatic rings. The van der Waals surface area contributed by atoms with Crippen molar-refractivity contribution in [1.29, 1.82) is 5.26 Å². The van der Waals surface area contributed by atoms with Gasteiger partial charge in [-0.05, 0) is 19.3 Å². The summed E-state index contributed by atoms with van der Waals surface area (Å²) in [6.45, 7) is 0. The van der Waals surface area contributed by atoms with Gasteiger partial charge in [0.15, 0.2) is 0 Å². The summed E-state index contributed by atoms with van der Waals surface area (Å²) in [4.78, 5) is 21.5. The van der Waals surface area contributed by atoms with Gasteiger partial charge in [-0.25, -0.2) is 0 Å². The number of hydrogen-bond donors (Lipinski definition) is 2. The van der Waals surface area contributed by atoms with Crippen LogP contribution in [0.3, 0.4) is 0 Å². The Morgan fingerprint density at radius 3 is 2.73 bits per heavy atom. The number of allylic oxidation sites excluding steroid dienone is 2. The first kappa shape index (κ1) is 11.2. The van der Waals surface area contributed by atoms with E-state index in [1.54, 1.807) is 0 Å². The average Bonchev–Trinajstić information content (AvgIpc) is 2.62. The second-order valence-electron chi connectivity index (χ2n) is 3.36. The van der Waals surface area contributed by atoms with E-state index in [4.69, 9.17) is 10.4 Å². The van der Waals surface area contributed by atoms with Gasteiger partial charge in [-0.3, -0.25) is 9.59 Å². The largest absolute Gasteiger partial charge is 0.481 e. The van der Waals surface area contributed by atoms with Gasteiger partial charge in [-0.2, -0.15) is 5.26 Å². The smallest absolute Gasteiger partial charge is 0.303 e. The van der Waals surface area contributed by atoms with Crippen molar-refractivity contribution in [2.45, 2.75) is 32.1 Å². The van der Waals surface area contributed by atoms with E-state index in [0.717, 1.165) is 6.42 Å². The van der Waals surface area contributed by atoms with Gasteiger partial charge in [0.2, 0.25) is 5.91 Å². The van der Waals surface area contributed by atoms with Gasteiger partial charge in [0.1, 0.15) is 0 Å². The third-order valence-corrected chi connectivity index (χ3v) is 2.21. The van der Waals surface area contributed by atoms with E-state index in [1.165, 1.54) is 0 Å². The molecule has 0 aliphatic heterocycles. The van der Waals surface area contributed by atoms with Gasteiger partial charge >= 0.3 is 5.97 Å². The Morgan fingerprint density at radius 1 is 1.40 bits per heavy atom. The quantitative estimate of drug-likeness (QED) is 0.719. The molecule has 1 aliphatic carbocycles. The van der Waals surface area contributed by atoms with Crippen LogP contribution < -0.4 is 5.32 Å². The topological polar surface area (TPSA) is 90.2 Å². The van der Waals surface area contributed by atoms with Crippen molar-refractivity contribution in [1.82, 2.24) is 5.32 Å². The lowest BCUT2D eigenvalue weighted by molar-refractivity contribution is -0.138. The molecular weight excluding hydrogens is 196 g/mol. The maximum absolute atomic E-state index is 11.2. The average molecular weight is 208 g/mol. The predicted molar refractivity (Wildman–Crippen MR) is 51.5 cm³/mol. The molecule has 1 amide bonds. The molecule has 0 saturated heterocycles. The second kappa shape index (κ2) is 5.15. The predicted octanol–water partition coefficient (Wildman–Crippen LogP) is 0.929. The maximum atomic E-state index is 11.2. The van der Waals surface area contributed by atoms with Crippen LogP contribution in [-0.2, 0) is 9.59 Å². The number of rotatable bonds is 4. The van der Waals surface area contributed by atoms with Crippen LogP contribution >= 0.6 is 0 Å². The van der Waals surface area contributed by atoms with Crippen LogP contribution in [0.5, 0.6) is 0 Å². The van der Waals surface area contributed by atoms with Crippen molar-refractivity contribution in [3.8, 4) is 6.07 Å². The number of aliphatic carboxylic acids is 1. The number of nitrogens with zero attached hydrogens (tertiary/aromatic N) is 1. The molecule has 2 N–H and O–H groups in total. The van der Waals surface area contributed by atoms with E-state index in [2.05, 4.69) is 5.32 Å². The Balaban J connectivity index is 2.45. The summed E-state index contributed by atoms with van der Waals surface area (Å²) in [5.41, 5.74) is 1.27. The fourth-order valence-corrected chi connectivity index (χ4v) is 1.46. The highest BCUT2D eigenvalue weighted by Crippen LogP contribution is 2.23. The summed E-state index contributed by atoms with van der Waals surface area (Å²) < 4.78 is 0. The first-order valence-corrected chi connectivity index (χ1v) is 4.77. The molecule has 0 radical (unpaired) electrons. The minimum absolute atomic E-state index is 0.0441. The van der Waals surface area contributed by atoms with Crippen molar-refractivity contribution in [2.75, 3.05) is 0 Å². The number of amides is 1. The molecule has 0 spiro atoms. The van der Waals surface area contributed by atoms with Crippen LogP contribution in [0, 0.1) is 11.3 Å². The molecule has 0 atom stereocenters. The Bertz CT molecular complexity index is 352. The fraction of sp³-hybridized carbons (Fsp3) is 0.500. The molecule has 1 aliphatic rings. The summed E-state index contributed by atoms with van der Waals surface area (Å²) in [5, 5.41) is 19.7. The first-order valence-electron chi connectivity index (χ1n) is 4.77. The molecule has 80 valence electrons. The lowest BCUT2D eigenvalue weighted by atomic mass is 10.2. The van der Waals surface area contributed by atoms with E-state index in [9.17, 15) is 9.59 Å². The monoisotopic (exact) mass is 208 g/mol. The number of carbonyl (C=O) groups excluding carboxylic acids is 1. The molecule has 0 aromatic heterocycles. The lowest BCUT2D eigenvalue weighted by Crippen LogP contribution is -2.23. The standard InChI is InChI=1S/C10H12N2O3/c11-6-7-2-1-3-8(7)12-9(13)4-5-10(14)15/h1-5H2,(H,12,13)(H,14,15). The highest BCUT2D eigenvalue weighted by atomic mass is 16.4. The Kier molecular flexibility index (Phi) is 3.86. The van der Waals surface area contributed by atoms with Crippen molar-refractivity contribution in [3.63, 3.8) is 0 Å². The Hall–Kier alpha value is -1.83. The normalized spacial score (nSPS) is 14.9. The molecule has 5 heteroatoms. The first-order chi connectivity index (χ1) is 7.13.